The Morgan fingerprint density at radius 1 is 1.15 bits per heavy atom. The number of nitrogens with one attached hydrogen (secondary N) is 1. The molecule has 1 N–H and O–H groups in total. The highest BCUT2D eigenvalue weighted by Crippen LogP contribution is 2.36. The lowest BCUT2D eigenvalue weighted by Crippen LogP contribution is -2.12. The molecular weight excluding hydrogens is 338 g/mol. The van der Waals surface area contributed by atoms with Crippen molar-refractivity contribution in [2.45, 2.75) is 26.9 Å². The quantitative estimate of drug-likeness (QED) is 0.895. The Morgan fingerprint density at radius 2 is 1.90 bits per heavy atom. The van der Waals surface area contributed by atoms with Crippen LogP contribution in [0.2, 0.25) is 0 Å². The van der Waals surface area contributed by atoms with Gasteiger partial charge in [-0.1, -0.05) is 15.9 Å². The number of hydrogen-bond donors (Lipinski definition) is 1. The molecule has 1 aliphatic heterocycles. The zero-order valence-electron chi connectivity index (χ0n) is 11.5. The van der Waals surface area contributed by atoms with E-state index in [-0.39, 0.29) is 0 Å². The van der Waals surface area contributed by atoms with Crippen molar-refractivity contribution in [2.24, 2.45) is 0 Å². The van der Waals surface area contributed by atoms with Crippen molar-refractivity contribution in [3.05, 3.63) is 43.6 Å². The zero-order chi connectivity index (χ0) is 14.1. The Balaban J connectivity index is 1.64. The average Bonchev–Trinajstić information content (AvgIpc) is 2.97. The minimum Gasteiger partial charge on any atom is -0.454 e. The summed E-state index contributed by atoms with van der Waals surface area (Å²) in [4.78, 5) is 2.77. The summed E-state index contributed by atoms with van der Waals surface area (Å²) in [5, 5.41) is 3.47. The molecule has 3 rings (SSSR count). The molecule has 1 aromatic heterocycles. The summed E-state index contributed by atoms with van der Waals surface area (Å²) in [6.07, 6.45) is 0. The van der Waals surface area contributed by atoms with Crippen molar-refractivity contribution in [1.29, 1.82) is 0 Å². The van der Waals surface area contributed by atoms with Gasteiger partial charge >= 0.3 is 0 Å². The maximum atomic E-state index is 5.41. The molecule has 0 fully saturated rings. The predicted molar refractivity (Wildman–Crippen MR) is 84.6 cm³/mol. The van der Waals surface area contributed by atoms with Crippen LogP contribution in [-0.4, -0.2) is 6.79 Å². The first-order valence-corrected chi connectivity index (χ1v) is 8.09. The first-order valence-electron chi connectivity index (χ1n) is 6.48. The molecule has 0 bridgehead atoms. The number of benzene rings is 1. The molecule has 0 spiro atoms. The molecule has 0 amide bonds. The van der Waals surface area contributed by atoms with Gasteiger partial charge in [-0.25, -0.2) is 0 Å². The third-order valence-corrected chi connectivity index (χ3v) is 5.26. The van der Waals surface area contributed by atoms with Crippen LogP contribution in [0.1, 0.15) is 20.9 Å². The Bertz CT molecular complexity index is 620. The first-order chi connectivity index (χ1) is 9.63. The second-order valence-corrected chi connectivity index (χ2v) is 7.05. The van der Waals surface area contributed by atoms with Crippen molar-refractivity contribution in [3.8, 4) is 11.5 Å². The van der Waals surface area contributed by atoms with Crippen LogP contribution in [0, 0.1) is 13.8 Å². The lowest BCUT2D eigenvalue weighted by molar-refractivity contribution is 0.174. The van der Waals surface area contributed by atoms with Crippen molar-refractivity contribution in [2.75, 3.05) is 6.79 Å². The molecule has 3 nitrogen and oxygen atoms in total. The predicted octanol–water partition coefficient (Wildman–Crippen LogP) is 4.15. The largest absolute Gasteiger partial charge is 0.454 e. The number of hydrogen-bond acceptors (Lipinski definition) is 4. The molecule has 1 aromatic carbocycles. The number of rotatable bonds is 4. The highest BCUT2D eigenvalue weighted by Gasteiger charge is 2.16. The maximum Gasteiger partial charge on any atom is 0.231 e. The van der Waals surface area contributed by atoms with Gasteiger partial charge in [0.05, 0.1) is 0 Å². The van der Waals surface area contributed by atoms with Crippen molar-refractivity contribution >= 4 is 27.3 Å². The van der Waals surface area contributed by atoms with Crippen LogP contribution >= 0.6 is 27.3 Å². The minimum atomic E-state index is 0.312. The molecule has 106 valence electrons. The number of thiophene rings is 1. The summed E-state index contributed by atoms with van der Waals surface area (Å²) in [5.74, 6) is 1.64. The Morgan fingerprint density at radius 3 is 2.60 bits per heavy atom. The van der Waals surface area contributed by atoms with E-state index in [0.29, 0.717) is 6.79 Å². The fraction of sp³-hybridized carbons (Fsp3) is 0.333. The second-order valence-electron chi connectivity index (χ2n) is 4.85. The van der Waals surface area contributed by atoms with E-state index in [2.05, 4.69) is 41.2 Å². The highest BCUT2D eigenvalue weighted by atomic mass is 79.9. The average molecular weight is 354 g/mol. The van der Waals surface area contributed by atoms with Crippen LogP contribution < -0.4 is 14.8 Å². The molecule has 0 radical (unpaired) electrons. The van der Waals surface area contributed by atoms with E-state index < -0.39 is 0 Å². The summed E-state index contributed by atoms with van der Waals surface area (Å²) >= 11 is 5.43. The van der Waals surface area contributed by atoms with E-state index in [1.54, 1.807) is 0 Å². The molecule has 0 saturated heterocycles. The Hall–Kier alpha value is -1.04. The number of fused-ring (bicyclic) bond motifs is 1. The van der Waals surface area contributed by atoms with Crippen molar-refractivity contribution in [3.63, 3.8) is 0 Å². The minimum absolute atomic E-state index is 0.312. The van der Waals surface area contributed by atoms with E-state index in [1.165, 1.54) is 20.9 Å². The summed E-state index contributed by atoms with van der Waals surface area (Å²) < 4.78 is 11.8. The van der Waals surface area contributed by atoms with Crippen LogP contribution in [0.25, 0.3) is 0 Å². The van der Waals surface area contributed by atoms with Crippen LogP contribution in [0.15, 0.2) is 22.7 Å². The first kappa shape index (κ1) is 13.9. The molecular formula is C15H16BrNO2S. The molecule has 2 heterocycles. The van der Waals surface area contributed by atoms with Gasteiger partial charge in [0, 0.05) is 27.3 Å². The third-order valence-electron chi connectivity index (χ3n) is 3.37. The van der Waals surface area contributed by atoms with Crippen molar-refractivity contribution < 1.29 is 9.47 Å². The monoisotopic (exact) mass is 353 g/mol. The van der Waals surface area contributed by atoms with Gasteiger partial charge in [0.15, 0.2) is 11.5 Å². The van der Waals surface area contributed by atoms with Gasteiger partial charge in [-0.05, 0) is 43.2 Å². The lowest BCUT2D eigenvalue weighted by atomic mass is 10.2. The van der Waals surface area contributed by atoms with Crippen LogP contribution in [0.3, 0.4) is 0 Å². The van der Waals surface area contributed by atoms with E-state index >= 15 is 0 Å². The van der Waals surface area contributed by atoms with Crippen molar-refractivity contribution in [1.82, 2.24) is 5.32 Å². The van der Waals surface area contributed by atoms with E-state index in [1.807, 2.05) is 23.5 Å². The van der Waals surface area contributed by atoms with E-state index in [4.69, 9.17) is 9.47 Å². The molecule has 5 heteroatoms. The lowest BCUT2D eigenvalue weighted by Gasteiger charge is -2.07. The summed E-state index contributed by atoms with van der Waals surface area (Å²) in [7, 11) is 0. The summed E-state index contributed by atoms with van der Waals surface area (Å²) in [5.41, 5.74) is 2.55. The number of ether oxygens (including phenoxy) is 2. The molecule has 1 aliphatic rings. The fourth-order valence-corrected chi connectivity index (χ4v) is 3.64. The molecule has 0 unspecified atom stereocenters. The molecule has 2 aromatic rings. The van der Waals surface area contributed by atoms with Gasteiger partial charge in [-0.15, -0.1) is 11.3 Å². The number of aryl methyl sites for hydroxylation is 2. The molecule has 0 atom stereocenters. The number of halogens is 1. The highest BCUT2D eigenvalue weighted by molar-refractivity contribution is 9.10. The van der Waals surface area contributed by atoms with E-state index in [9.17, 15) is 0 Å². The van der Waals surface area contributed by atoms with Gasteiger partial charge in [-0.3, -0.25) is 0 Å². The second kappa shape index (κ2) is 5.76. The topological polar surface area (TPSA) is 30.5 Å². The van der Waals surface area contributed by atoms with Gasteiger partial charge in [0.25, 0.3) is 0 Å². The summed E-state index contributed by atoms with van der Waals surface area (Å²) in [6, 6.07) is 6.25. The van der Waals surface area contributed by atoms with E-state index in [0.717, 1.165) is 29.1 Å². The van der Waals surface area contributed by atoms with Crippen LogP contribution in [0.4, 0.5) is 0 Å². The van der Waals surface area contributed by atoms with Gasteiger partial charge < -0.3 is 14.8 Å². The van der Waals surface area contributed by atoms with Gasteiger partial charge in [0.1, 0.15) is 0 Å². The Labute approximate surface area is 131 Å². The van der Waals surface area contributed by atoms with Crippen LogP contribution in [-0.2, 0) is 13.1 Å². The molecule has 20 heavy (non-hydrogen) atoms. The maximum absolute atomic E-state index is 5.41. The summed E-state index contributed by atoms with van der Waals surface area (Å²) in [6.45, 7) is 6.32. The SMILES string of the molecule is Cc1cc(CNCc2cc3c(cc2Br)OCO3)sc1C. The smallest absolute Gasteiger partial charge is 0.231 e. The normalized spacial score (nSPS) is 12.9. The Kier molecular flexibility index (Phi) is 4.01. The zero-order valence-corrected chi connectivity index (χ0v) is 13.9. The standard InChI is InChI=1S/C15H16BrNO2S/c1-9-3-12(20-10(9)2)7-17-6-11-4-14-15(5-13(11)16)19-8-18-14/h3-5,17H,6-8H2,1-2H3. The fourth-order valence-electron chi connectivity index (χ4n) is 2.15. The van der Waals surface area contributed by atoms with Crippen LogP contribution in [0.5, 0.6) is 11.5 Å². The molecule has 0 aliphatic carbocycles. The van der Waals surface area contributed by atoms with Gasteiger partial charge in [-0.2, -0.15) is 0 Å². The molecule has 0 saturated carbocycles. The third kappa shape index (κ3) is 2.85. The van der Waals surface area contributed by atoms with Gasteiger partial charge in [0.2, 0.25) is 6.79 Å².